The molecule has 0 fully saturated rings. The Balaban J connectivity index is 1.97. The van der Waals surface area contributed by atoms with Gasteiger partial charge in [0.25, 0.3) is 0 Å². The third-order valence-corrected chi connectivity index (χ3v) is 3.98. The highest BCUT2D eigenvalue weighted by Gasteiger charge is 2.29. The van der Waals surface area contributed by atoms with Crippen LogP contribution in [0.5, 0.6) is 11.5 Å². The quantitative estimate of drug-likeness (QED) is 0.343. The van der Waals surface area contributed by atoms with E-state index >= 15 is 0 Å². The topological polar surface area (TPSA) is 18.5 Å². The lowest BCUT2D eigenvalue weighted by Crippen LogP contribution is -2.19. The Labute approximate surface area is 162 Å². The normalized spacial score (nSPS) is 11.5. The van der Waals surface area contributed by atoms with Crippen LogP contribution >= 0.6 is 0 Å². The second kappa shape index (κ2) is 8.06. The Morgan fingerprint density at radius 3 is 2.21 bits per heavy atom. The summed E-state index contributed by atoms with van der Waals surface area (Å²) in [5.74, 6) is -3.33. The van der Waals surface area contributed by atoms with Crippen molar-refractivity contribution in [1.82, 2.24) is 0 Å². The van der Waals surface area contributed by atoms with Crippen molar-refractivity contribution in [3.63, 3.8) is 0 Å². The standard InChI is InChI=1S/C21H14F6O2/c1-2-7-28-14-9-16(22)19(17(23)10-14)13-3-5-15-12(8-13)4-6-18(20(15)24)29-11-21(25,26)27/h2-6,8-10H,1,7,11H2. The largest absolute Gasteiger partial charge is 0.489 e. The maximum Gasteiger partial charge on any atom is 0.422 e. The number of benzene rings is 3. The zero-order valence-corrected chi connectivity index (χ0v) is 14.8. The first kappa shape index (κ1) is 20.6. The van der Waals surface area contributed by atoms with Crippen LogP contribution in [0.4, 0.5) is 26.3 Å². The van der Waals surface area contributed by atoms with E-state index in [2.05, 4.69) is 11.3 Å². The monoisotopic (exact) mass is 412 g/mol. The van der Waals surface area contributed by atoms with Crippen molar-refractivity contribution in [3.05, 3.63) is 72.6 Å². The molecule has 0 aromatic heterocycles. The van der Waals surface area contributed by atoms with E-state index in [1.807, 2.05) is 0 Å². The number of rotatable bonds is 6. The predicted molar refractivity (Wildman–Crippen MR) is 96.5 cm³/mol. The number of hydrogen-bond donors (Lipinski definition) is 0. The SMILES string of the molecule is C=CCOc1cc(F)c(-c2ccc3c(F)c(OCC(F)(F)F)ccc3c2)c(F)c1. The van der Waals surface area contributed by atoms with Crippen molar-refractivity contribution in [3.8, 4) is 22.6 Å². The lowest BCUT2D eigenvalue weighted by molar-refractivity contribution is -0.153. The molecule has 3 aromatic carbocycles. The Kier molecular flexibility index (Phi) is 5.72. The molecule has 152 valence electrons. The van der Waals surface area contributed by atoms with Crippen LogP contribution in [-0.2, 0) is 0 Å². The molecule has 3 rings (SSSR count). The first-order valence-corrected chi connectivity index (χ1v) is 8.34. The van der Waals surface area contributed by atoms with E-state index in [0.717, 1.165) is 18.2 Å². The average Bonchev–Trinajstić information content (AvgIpc) is 2.64. The molecule has 0 aliphatic carbocycles. The van der Waals surface area contributed by atoms with Gasteiger partial charge in [-0.05, 0) is 23.1 Å². The van der Waals surface area contributed by atoms with Gasteiger partial charge in [0, 0.05) is 17.5 Å². The summed E-state index contributed by atoms with van der Waals surface area (Å²) < 4.78 is 89.7. The Hall–Kier alpha value is -3.16. The van der Waals surface area contributed by atoms with Gasteiger partial charge < -0.3 is 9.47 Å². The molecular formula is C21H14F6O2. The zero-order valence-electron chi connectivity index (χ0n) is 14.8. The van der Waals surface area contributed by atoms with Crippen molar-refractivity contribution in [2.75, 3.05) is 13.2 Å². The van der Waals surface area contributed by atoms with Crippen LogP contribution in [-0.4, -0.2) is 19.4 Å². The molecule has 0 aliphatic rings. The van der Waals surface area contributed by atoms with Crippen LogP contribution in [0, 0.1) is 17.5 Å². The van der Waals surface area contributed by atoms with Crippen LogP contribution in [0.3, 0.4) is 0 Å². The van der Waals surface area contributed by atoms with Gasteiger partial charge >= 0.3 is 6.18 Å². The van der Waals surface area contributed by atoms with Crippen LogP contribution in [0.1, 0.15) is 0 Å². The summed E-state index contributed by atoms with van der Waals surface area (Å²) in [4.78, 5) is 0. The maximum absolute atomic E-state index is 14.4. The van der Waals surface area contributed by atoms with Crippen LogP contribution in [0.25, 0.3) is 21.9 Å². The van der Waals surface area contributed by atoms with Crippen molar-refractivity contribution in [1.29, 1.82) is 0 Å². The van der Waals surface area contributed by atoms with E-state index in [1.54, 1.807) is 0 Å². The van der Waals surface area contributed by atoms with Gasteiger partial charge in [0.15, 0.2) is 18.2 Å². The van der Waals surface area contributed by atoms with Crippen molar-refractivity contribution >= 4 is 10.8 Å². The number of ether oxygens (including phenoxy) is 2. The molecule has 0 amide bonds. The van der Waals surface area contributed by atoms with Gasteiger partial charge in [-0.2, -0.15) is 13.2 Å². The molecular weight excluding hydrogens is 398 g/mol. The van der Waals surface area contributed by atoms with Crippen LogP contribution in [0.2, 0.25) is 0 Å². The van der Waals surface area contributed by atoms with E-state index in [4.69, 9.17) is 4.74 Å². The summed E-state index contributed by atoms with van der Waals surface area (Å²) in [6.45, 7) is 1.88. The highest BCUT2D eigenvalue weighted by Crippen LogP contribution is 2.34. The van der Waals surface area contributed by atoms with E-state index < -0.39 is 36.0 Å². The third kappa shape index (κ3) is 4.64. The summed E-state index contributed by atoms with van der Waals surface area (Å²) in [5, 5.41) is 0.199. The van der Waals surface area contributed by atoms with Crippen molar-refractivity contribution < 1.29 is 35.8 Å². The minimum atomic E-state index is -4.61. The molecule has 8 heteroatoms. The summed E-state index contributed by atoms with van der Waals surface area (Å²) in [5.41, 5.74) is -0.207. The van der Waals surface area contributed by atoms with E-state index in [-0.39, 0.29) is 34.3 Å². The maximum atomic E-state index is 14.4. The van der Waals surface area contributed by atoms with Gasteiger partial charge in [0.2, 0.25) is 0 Å². The van der Waals surface area contributed by atoms with E-state index in [1.165, 1.54) is 30.3 Å². The average molecular weight is 412 g/mol. The van der Waals surface area contributed by atoms with Gasteiger partial charge in [-0.25, -0.2) is 13.2 Å². The molecule has 0 N–H and O–H groups in total. The molecule has 0 spiro atoms. The van der Waals surface area contributed by atoms with E-state index in [0.29, 0.717) is 0 Å². The molecule has 3 aromatic rings. The molecule has 0 heterocycles. The highest BCUT2D eigenvalue weighted by molar-refractivity contribution is 5.89. The Morgan fingerprint density at radius 1 is 0.897 bits per heavy atom. The van der Waals surface area contributed by atoms with Gasteiger partial charge in [-0.15, -0.1) is 0 Å². The second-order valence-electron chi connectivity index (χ2n) is 6.08. The fourth-order valence-corrected chi connectivity index (χ4v) is 2.76. The fourth-order valence-electron chi connectivity index (χ4n) is 2.76. The lowest BCUT2D eigenvalue weighted by Gasteiger charge is -2.13. The van der Waals surface area contributed by atoms with Gasteiger partial charge in [-0.3, -0.25) is 0 Å². The first-order valence-electron chi connectivity index (χ1n) is 8.34. The Morgan fingerprint density at radius 2 is 1.59 bits per heavy atom. The molecule has 0 bridgehead atoms. The molecule has 0 unspecified atom stereocenters. The number of alkyl halides is 3. The van der Waals surface area contributed by atoms with Crippen molar-refractivity contribution in [2.24, 2.45) is 0 Å². The fraction of sp³-hybridized carbons (Fsp3) is 0.143. The summed E-state index contributed by atoms with van der Waals surface area (Å²) in [6.07, 6.45) is -3.18. The minimum absolute atomic E-state index is 0.0121. The molecule has 0 radical (unpaired) electrons. The molecule has 0 aliphatic heterocycles. The second-order valence-corrected chi connectivity index (χ2v) is 6.08. The Bertz CT molecular complexity index is 1040. The van der Waals surface area contributed by atoms with Gasteiger partial charge in [-0.1, -0.05) is 30.9 Å². The van der Waals surface area contributed by atoms with Crippen LogP contribution in [0.15, 0.2) is 55.1 Å². The van der Waals surface area contributed by atoms with Crippen molar-refractivity contribution in [2.45, 2.75) is 6.18 Å². The molecule has 0 saturated heterocycles. The number of halogens is 6. The van der Waals surface area contributed by atoms with Crippen LogP contribution < -0.4 is 9.47 Å². The zero-order chi connectivity index (χ0) is 21.2. The highest BCUT2D eigenvalue weighted by atomic mass is 19.4. The minimum Gasteiger partial charge on any atom is -0.489 e. The van der Waals surface area contributed by atoms with Gasteiger partial charge in [0.1, 0.15) is 24.0 Å². The molecule has 0 saturated carbocycles. The lowest BCUT2D eigenvalue weighted by atomic mass is 9.99. The summed E-state index contributed by atoms with van der Waals surface area (Å²) >= 11 is 0. The number of fused-ring (bicyclic) bond motifs is 1. The van der Waals surface area contributed by atoms with Gasteiger partial charge in [0.05, 0.1) is 5.56 Å². The number of hydrogen-bond acceptors (Lipinski definition) is 2. The first-order chi connectivity index (χ1) is 13.7. The molecule has 2 nitrogen and oxygen atoms in total. The molecule has 0 atom stereocenters. The summed E-state index contributed by atoms with van der Waals surface area (Å²) in [7, 11) is 0. The van der Waals surface area contributed by atoms with E-state index in [9.17, 15) is 26.3 Å². The molecule has 29 heavy (non-hydrogen) atoms. The third-order valence-electron chi connectivity index (χ3n) is 3.98. The smallest absolute Gasteiger partial charge is 0.422 e. The predicted octanol–water partition coefficient (Wildman–Crippen LogP) is 6.43. The summed E-state index contributed by atoms with van der Waals surface area (Å²) in [6, 6.07) is 8.20.